The lowest BCUT2D eigenvalue weighted by Crippen LogP contribution is -2.27. The number of carbonyl (C=O) groups excluding carboxylic acids is 2. The minimum absolute atomic E-state index is 0.0232. The van der Waals surface area contributed by atoms with Crippen LogP contribution >= 0.6 is 0 Å². The van der Waals surface area contributed by atoms with Crippen LogP contribution in [0.4, 0.5) is 5.69 Å². The van der Waals surface area contributed by atoms with Crippen LogP contribution in [0.2, 0.25) is 0 Å². The Morgan fingerprint density at radius 2 is 2.04 bits per heavy atom. The van der Waals surface area contributed by atoms with E-state index in [-0.39, 0.29) is 17.7 Å². The van der Waals surface area contributed by atoms with E-state index in [1.165, 1.54) is 0 Å². The van der Waals surface area contributed by atoms with Gasteiger partial charge in [-0.05, 0) is 43.5 Å². The molecule has 126 valence electrons. The highest BCUT2D eigenvalue weighted by atomic mass is 16.2. The molecule has 1 aliphatic heterocycles. The van der Waals surface area contributed by atoms with Crippen LogP contribution in [0, 0.1) is 0 Å². The summed E-state index contributed by atoms with van der Waals surface area (Å²) in [5, 5.41) is 2.65. The van der Waals surface area contributed by atoms with Crippen molar-refractivity contribution in [3.8, 4) is 0 Å². The van der Waals surface area contributed by atoms with Gasteiger partial charge in [0, 0.05) is 18.3 Å². The van der Waals surface area contributed by atoms with Gasteiger partial charge in [-0.25, -0.2) is 0 Å². The first kappa shape index (κ1) is 17.7. The number of likely N-dealkylation sites (N-methyl/N-ethyl adjacent to an activating group) is 1. The molecular weight excluding hydrogens is 300 g/mol. The lowest BCUT2D eigenvalue weighted by molar-refractivity contribution is -0.121. The molecule has 1 unspecified atom stereocenters. The SMILES string of the molecule is C=CC1=C(C/C=C\C)C(=O)N(c2ccc(C(C)C(=O)NC)cc2)C1. The lowest BCUT2D eigenvalue weighted by atomic mass is 10.00. The zero-order valence-corrected chi connectivity index (χ0v) is 14.5. The molecule has 0 aromatic heterocycles. The maximum atomic E-state index is 12.7. The van der Waals surface area contributed by atoms with Gasteiger partial charge in [0.25, 0.3) is 5.91 Å². The molecular formula is C20H24N2O2. The van der Waals surface area contributed by atoms with Crippen molar-refractivity contribution in [3.63, 3.8) is 0 Å². The predicted molar refractivity (Wildman–Crippen MR) is 97.9 cm³/mol. The van der Waals surface area contributed by atoms with E-state index in [2.05, 4.69) is 11.9 Å². The van der Waals surface area contributed by atoms with Gasteiger partial charge in [0.05, 0.1) is 12.5 Å². The molecule has 4 nitrogen and oxygen atoms in total. The number of rotatable bonds is 6. The molecule has 1 atom stereocenters. The number of nitrogens with zero attached hydrogens (tertiary/aromatic N) is 1. The Balaban J connectivity index is 2.20. The summed E-state index contributed by atoms with van der Waals surface area (Å²) in [5.74, 6) is -0.218. The van der Waals surface area contributed by atoms with E-state index in [4.69, 9.17) is 0 Å². The van der Waals surface area contributed by atoms with Crippen LogP contribution in [0.5, 0.6) is 0 Å². The first-order chi connectivity index (χ1) is 11.5. The molecule has 1 N–H and O–H groups in total. The van der Waals surface area contributed by atoms with Gasteiger partial charge in [-0.15, -0.1) is 0 Å². The third kappa shape index (κ3) is 3.48. The van der Waals surface area contributed by atoms with Crippen molar-refractivity contribution in [1.29, 1.82) is 0 Å². The Morgan fingerprint density at radius 3 is 2.58 bits per heavy atom. The molecule has 0 aliphatic carbocycles. The molecule has 0 radical (unpaired) electrons. The minimum atomic E-state index is -0.217. The van der Waals surface area contributed by atoms with Crippen molar-refractivity contribution in [2.45, 2.75) is 26.2 Å². The van der Waals surface area contributed by atoms with E-state index in [0.717, 1.165) is 22.4 Å². The summed E-state index contributed by atoms with van der Waals surface area (Å²) in [5.41, 5.74) is 3.53. The molecule has 2 rings (SSSR count). The van der Waals surface area contributed by atoms with Crippen molar-refractivity contribution < 1.29 is 9.59 Å². The van der Waals surface area contributed by atoms with E-state index in [1.807, 2.05) is 50.3 Å². The van der Waals surface area contributed by atoms with Gasteiger partial charge in [0.1, 0.15) is 0 Å². The summed E-state index contributed by atoms with van der Waals surface area (Å²) in [6.45, 7) is 8.17. The molecule has 1 heterocycles. The molecule has 0 bridgehead atoms. The van der Waals surface area contributed by atoms with Crippen LogP contribution in [0.25, 0.3) is 0 Å². The number of anilines is 1. The average molecular weight is 324 g/mol. The second kappa shape index (κ2) is 7.77. The third-order valence-corrected chi connectivity index (χ3v) is 4.37. The minimum Gasteiger partial charge on any atom is -0.359 e. The molecule has 1 aromatic rings. The second-order valence-electron chi connectivity index (χ2n) is 5.80. The standard InChI is InChI=1S/C20H24N2O2/c1-5-7-8-18-15(6-2)13-22(20(18)24)17-11-9-16(10-12-17)14(3)19(23)21-4/h5-7,9-12,14H,2,8,13H2,1,3-4H3,(H,21,23)/b7-5-. The molecule has 4 heteroatoms. The van der Waals surface area contributed by atoms with Crippen molar-refractivity contribution in [1.82, 2.24) is 5.32 Å². The largest absolute Gasteiger partial charge is 0.359 e. The molecule has 1 aromatic carbocycles. The lowest BCUT2D eigenvalue weighted by Gasteiger charge is -2.18. The van der Waals surface area contributed by atoms with Crippen molar-refractivity contribution in [2.24, 2.45) is 0 Å². The molecule has 0 saturated carbocycles. The van der Waals surface area contributed by atoms with Gasteiger partial charge >= 0.3 is 0 Å². The van der Waals surface area contributed by atoms with Gasteiger partial charge in [0.15, 0.2) is 0 Å². The Bertz CT molecular complexity index is 699. The molecule has 2 amide bonds. The normalized spacial score (nSPS) is 16.0. The zero-order chi connectivity index (χ0) is 17.7. The highest BCUT2D eigenvalue weighted by molar-refractivity contribution is 6.10. The monoisotopic (exact) mass is 324 g/mol. The summed E-state index contributed by atoms with van der Waals surface area (Å²) in [6, 6.07) is 7.60. The summed E-state index contributed by atoms with van der Waals surface area (Å²) in [7, 11) is 1.63. The fourth-order valence-electron chi connectivity index (χ4n) is 2.80. The summed E-state index contributed by atoms with van der Waals surface area (Å²) in [6.07, 6.45) is 6.31. The first-order valence-corrected chi connectivity index (χ1v) is 8.12. The number of amides is 2. The second-order valence-corrected chi connectivity index (χ2v) is 5.80. The maximum Gasteiger partial charge on any atom is 0.255 e. The van der Waals surface area contributed by atoms with E-state index in [9.17, 15) is 9.59 Å². The molecule has 0 fully saturated rings. The number of benzene rings is 1. The van der Waals surface area contributed by atoms with Crippen LogP contribution in [-0.4, -0.2) is 25.4 Å². The highest BCUT2D eigenvalue weighted by Crippen LogP contribution is 2.29. The summed E-state index contributed by atoms with van der Waals surface area (Å²) >= 11 is 0. The van der Waals surface area contributed by atoms with Crippen molar-refractivity contribution in [2.75, 3.05) is 18.5 Å². The summed E-state index contributed by atoms with van der Waals surface area (Å²) in [4.78, 5) is 26.2. The van der Waals surface area contributed by atoms with Gasteiger partial charge < -0.3 is 10.2 Å². The van der Waals surface area contributed by atoms with E-state index in [1.54, 1.807) is 18.0 Å². The van der Waals surface area contributed by atoms with Gasteiger partial charge in [-0.1, -0.05) is 36.9 Å². The van der Waals surface area contributed by atoms with Crippen LogP contribution in [0.1, 0.15) is 31.7 Å². The fraction of sp³-hybridized carbons (Fsp3) is 0.300. The summed E-state index contributed by atoms with van der Waals surface area (Å²) < 4.78 is 0. The van der Waals surface area contributed by atoms with Gasteiger partial charge in [0.2, 0.25) is 5.91 Å². The topological polar surface area (TPSA) is 49.4 Å². The van der Waals surface area contributed by atoms with Gasteiger partial charge in [-0.3, -0.25) is 9.59 Å². The zero-order valence-electron chi connectivity index (χ0n) is 14.5. The smallest absolute Gasteiger partial charge is 0.255 e. The number of hydrogen-bond donors (Lipinski definition) is 1. The van der Waals surface area contributed by atoms with E-state index < -0.39 is 0 Å². The van der Waals surface area contributed by atoms with E-state index in [0.29, 0.717) is 13.0 Å². The number of allylic oxidation sites excluding steroid dienone is 2. The van der Waals surface area contributed by atoms with Crippen LogP contribution in [0.3, 0.4) is 0 Å². The molecule has 1 aliphatic rings. The van der Waals surface area contributed by atoms with Crippen LogP contribution < -0.4 is 10.2 Å². The quantitative estimate of drug-likeness (QED) is 0.816. The van der Waals surface area contributed by atoms with Crippen LogP contribution in [-0.2, 0) is 9.59 Å². The van der Waals surface area contributed by atoms with Gasteiger partial charge in [-0.2, -0.15) is 0 Å². The van der Waals surface area contributed by atoms with E-state index >= 15 is 0 Å². The highest BCUT2D eigenvalue weighted by Gasteiger charge is 2.29. The van der Waals surface area contributed by atoms with Crippen LogP contribution in [0.15, 0.2) is 60.2 Å². The predicted octanol–water partition coefficient (Wildman–Crippen LogP) is 3.33. The number of carbonyl (C=O) groups is 2. The average Bonchev–Trinajstić information content (AvgIpc) is 2.94. The first-order valence-electron chi connectivity index (χ1n) is 8.12. The number of hydrogen-bond acceptors (Lipinski definition) is 2. The molecule has 0 saturated heterocycles. The molecule has 24 heavy (non-hydrogen) atoms. The third-order valence-electron chi connectivity index (χ3n) is 4.37. The molecule has 0 spiro atoms. The maximum absolute atomic E-state index is 12.7. The fourth-order valence-corrected chi connectivity index (χ4v) is 2.80. The van der Waals surface area contributed by atoms with Crippen molar-refractivity contribution in [3.05, 3.63) is 65.8 Å². The Labute approximate surface area is 143 Å². The Kier molecular flexibility index (Phi) is 5.74. The van der Waals surface area contributed by atoms with Crippen molar-refractivity contribution >= 4 is 17.5 Å². The Morgan fingerprint density at radius 1 is 1.38 bits per heavy atom. The number of nitrogens with one attached hydrogen (secondary N) is 1. The Hall–Kier alpha value is -2.62.